The average Bonchev–Trinajstić information content (AvgIpc) is 2.85. The van der Waals surface area contributed by atoms with Crippen LogP contribution in [0.25, 0.3) is 0 Å². The number of aromatic nitrogens is 2. The highest BCUT2D eigenvalue weighted by Gasteiger charge is 2.31. The number of amides is 2. The fraction of sp³-hybridized carbons (Fsp3) is 0.250. The first-order valence-electron chi connectivity index (χ1n) is 10.7. The second kappa shape index (κ2) is 9.90. The Morgan fingerprint density at radius 3 is 2.35 bits per heavy atom. The van der Waals surface area contributed by atoms with Gasteiger partial charge in [-0.2, -0.15) is 13.2 Å². The van der Waals surface area contributed by atoms with Crippen LogP contribution in [-0.4, -0.2) is 40.9 Å². The van der Waals surface area contributed by atoms with E-state index >= 15 is 0 Å². The molecule has 1 aromatic carbocycles. The van der Waals surface area contributed by atoms with Crippen molar-refractivity contribution in [3.8, 4) is 0 Å². The minimum absolute atomic E-state index is 0.0770. The number of anilines is 2. The molecule has 1 aliphatic rings. The predicted molar refractivity (Wildman–Crippen MR) is 121 cm³/mol. The molecule has 34 heavy (non-hydrogen) atoms. The van der Waals surface area contributed by atoms with Crippen LogP contribution in [0.15, 0.2) is 67.1 Å². The Labute approximate surface area is 194 Å². The molecule has 1 fully saturated rings. The lowest BCUT2D eigenvalue weighted by atomic mass is 10.0. The molecule has 7 nitrogen and oxygen atoms in total. The van der Waals surface area contributed by atoms with Crippen LogP contribution >= 0.6 is 0 Å². The minimum Gasteiger partial charge on any atom is -0.356 e. The van der Waals surface area contributed by atoms with E-state index in [9.17, 15) is 22.8 Å². The molecule has 1 saturated heterocycles. The molecule has 3 aromatic rings. The van der Waals surface area contributed by atoms with Gasteiger partial charge in [0.25, 0.3) is 11.8 Å². The Morgan fingerprint density at radius 2 is 1.71 bits per heavy atom. The van der Waals surface area contributed by atoms with Crippen LogP contribution in [0.1, 0.15) is 39.1 Å². The van der Waals surface area contributed by atoms with Crippen LogP contribution in [0, 0.1) is 0 Å². The fourth-order valence-corrected chi connectivity index (χ4v) is 3.70. The highest BCUT2D eigenvalue weighted by molar-refractivity contribution is 6.04. The number of halogens is 3. The normalized spacial score (nSPS) is 14.5. The van der Waals surface area contributed by atoms with E-state index in [0.29, 0.717) is 48.6 Å². The van der Waals surface area contributed by atoms with Crippen molar-refractivity contribution >= 4 is 23.3 Å². The highest BCUT2D eigenvalue weighted by Crippen LogP contribution is 2.29. The van der Waals surface area contributed by atoms with Gasteiger partial charge >= 0.3 is 6.18 Å². The summed E-state index contributed by atoms with van der Waals surface area (Å²) in [7, 11) is 0. The Morgan fingerprint density at radius 1 is 0.941 bits per heavy atom. The van der Waals surface area contributed by atoms with Crippen LogP contribution in [-0.2, 0) is 6.18 Å². The summed E-state index contributed by atoms with van der Waals surface area (Å²) < 4.78 is 38.2. The monoisotopic (exact) mass is 469 g/mol. The van der Waals surface area contributed by atoms with Crippen molar-refractivity contribution in [3.05, 3.63) is 83.8 Å². The summed E-state index contributed by atoms with van der Waals surface area (Å²) in [5.74, 6) is -0.103. The largest absolute Gasteiger partial charge is 0.417 e. The maximum atomic E-state index is 12.7. The predicted octanol–water partition coefficient (Wildman–Crippen LogP) is 4.15. The maximum absolute atomic E-state index is 12.7. The van der Waals surface area contributed by atoms with E-state index in [1.54, 1.807) is 42.6 Å². The Balaban J connectivity index is 1.31. The van der Waals surface area contributed by atoms with Crippen LogP contribution in [0.2, 0.25) is 0 Å². The third-order valence-electron chi connectivity index (χ3n) is 5.54. The first kappa shape index (κ1) is 23.2. The van der Waals surface area contributed by atoms with Crippen molar-refractivity contribution < 1.29 is 22.8 Å². The Bertz CT molecular complexity index is 1150. The maximum Gasteiger partial charge on any atom is 0.417 e. The molecule has 3 heterocycles. The highest BCUT2D eigenvalue weighted by atomic mass is 19.4. The van der Waals surface area contributed by atoms with Crippen molar-refractivity contribution in [1.29, 1.82) is 0 Å². The average molecular weight is 469 g/mol. The van der Waals surface area contributed by atoms with E-state index < -0.39 is 11.7 Å². The number of nitrogens with zero attached hydrogens (tertiary/aromatic N) is 3. The standard InChI is InChI=1S/C24H22F3N5O2/c25-24(26,27)18-6-7-21(29-15-18)32-11-8-19(9-12-32)30-22(33)16-3-1-5-20(13-16)31-23(34)17-4-2-10-28-14-17/h1-7,10,13-15,19H,8-9,11-12H2,(H,30,33)(H,31,34). The van der Waals surface area contributed by atoms with Crippen molar-refractivity contribution in [2.24, 2.45) is 0 Å². The molecule has 2 N–H and O–H groups in total. The summed E-state index contributed by atoms with van der Waals surface area (Å²) >= 11 is 0. The first-order valence-corrected chi connectivity index (χ1v) is 10.7. The molecule has 176 valence electrons. The van der Waals surface area contributed by atoms with Crippen molar-refractivity contribution in [3.63, 3.8) is 0 Å². The second-order valence-electron chi connectivity index (χ2n) is 7.91. The summed E-state index contributed by atoms with van der Waals surface area (Å²) in [6, 6.07) is 12.3. The van der Waals surface area contributed by atoms with Gasteiger partial charge in [0, 0.05) is 49.0 Å². The molecule has 0 bridgehead atoms. The topological polar surface area (TPSA) is 87.2 Å². The SMILES string of the molecule is O=C(Nc1cccc(C(=O)NC2CCN(c3ccc(C(F)(F)F)cn3)CC2)c1)c1cccnc1. The van der Waals surface area contributed by atoms with Gasteiger partial charge in [0.15, 0.2) is 0 Å². The summed E-state index contributed by atoms with van der Waals surface area (Å²) in [5, 5.41) is 5.74. The van der Waals surface area contributed by atoms with Gasteiger partial charge < -0.3 is 15.5 Å². The van der Waals surface area contributed by atoms with Gasteiger partial charge in [-0.1, -0.05) is 6.07 Å². The zero-order valence-corrected chi connectivity index (χ0v) is 18.0. The van der Waals surface area contributed by atoms with Gasteiger partial charge in [0.1, 0.15) is 5.82 Å². The van der Waals surface area contributed by atoms with E-state index in [1.807, 2.05) is 4.90 Å². The number of pyridine rings is 2. The van der Waals surface area contributed by atoms with Gasteiger partial charge in [0.2, 0.25) is 0 Å². The van der Waals surface area contributed by atoms with Crippen molar-refractivity contribution in [1.82, 2.24) is 15.3 Å². The quantitative estimate of drug-likeness (QED) is 0.586. The number of piperidine rings is 1. The number of hydrogen-bond acceptors (Lipinski definition) is 5. The lowest BCUT2D eigenvalue weighted by Crippen LogP contribution is -2.45. The van der Waals surface area contributed by atoms with Gasteiger partial charge in [-0.05, 0) is 55.3 Å². The minimum atomic E-state index is -4.42. The molecular weight excluding hydrogens is 447 g/mol. The summed E-state index contributed by atoms with van der Waals surface area (Å²) in [4.78, 5) is 34.8. The first-order chi connectivity index (χ1) is 16.3. The van der Waals surface area contributed by atoms with Gasteiger partial charge in [-0.15, -0.1) is 0 Å². The number of carbonyl (C=O) groups excluding carboxylic acids is 2. The smallest absolute Gasteiger partial charge is 0.356 e. The number of hydrogen-bond donors (Lipinski definition) is 2. The molecule has 0 aliphatic carbocycles. The van der Waals surface area contributed by atoms with E-state index in [-0.39, 0.29) is 17.9 Å². The lowest BCUT2D eigenvalue weighted by molar-refractivity contribution is -0.137. The van der Waals surface area contributed by atoms with Crippen LogP contribution < -0.4 is 15.5 Å². The Kier molecular flexibility index (Phi) is 6.76. The number of alkyl halides is 3. The zero-order chi connectivity index (χ0) is 24.1. The number of carbonyl (C=O) groups is 2. The molecule has 2 aromatic heterocycles. The van der Waals surface area contributed by atoms with Crippen LogP contribution in [0.4, 0.5) is 24.7 Å². The lowest BCUT2D eigenvalue weighted by Gasteiger charge is -2.33. The Hall–Kier alpha value is -3.95. The fourth-order valence-electron chi connectivity index (χ4n) is 3.70. The van der Waals surface area contributed by atoms with Crippen molar-refractivity contribution in [2.75, 3.05) is 23.3 Å². The van der Waals surface area contributed by atoms with E-state index in [4.69, 9.17) is 0 Å². The molecule has 0 spiro atoms. The molecular formula is C24H22F3N5O2. The summed E-state index contributed by atoms with van der Waals surface area (Å²) in [6.45, 7) is 1.12. The molecule has 0 radical (unpaired) electrons. The van der Waals surface area contributed by atoms with Crippen molar-refractivity contribution in [2.45, 2.75) is 25.1 Å². The molecule has 0 unspecified atom stereocenters. The van der Waals surface area contributed by atoms with Crippen LogP contribution in [0.5, 0.6) is 0 Å². The summed E-state index contributed by atoms with van der Waals surface area (Å²) in [5.41, 5.74) is 0.532. The van der Waals surface area contributed by atoms with E-state index in [0.717, 1.165) is 12.3 Å². The molecule has 4 rings (SSSR count). The van der Waals surface area contributed by atoms with E-state index in [2.05, 4.69) is 20.6 Å². The number of nitrogens with one attached hydrogen (secondary N) is 2. The molecule has 10 heteroatoms. The third-order valence-corrected chi connectivity index (χ3v) is 5.54. The molecule has 0 saturated carbocycles. The molecule has 1 aliphatic heterocycles. The van der Waals surface area contributed by atoms with Crippen LogP contribution in [0.3, 0.4) is 0 Å². The number of rotatable bonds is 5. The molecule has 2 amide bonds. The van der Waals surface area contributed by atoms with Gasteiger partial charge in [-0.25, -0.2) is 4.98 Å². The van der Waals surface area contributed by atoms with Gasteiger partial charge in [0.05, 0.1) is 11.1 Å². The molecule has 0 atom stereocenters. The second-order valence-corrected chi connectivity index (χ2v) is 7.91. The van der Waals surface area contributed by atoms with E-state index in [1.165, 1.54) is 12.3 Å². The third kappa shape index (κ3) is 5.69. The zero-order valence-electron chi connectivity index (χ0n) is 18.0. The number of benzene rings is 1. The van der Waals surface area contributed by atoms with Gasteiger partial charge in [-0.3, -0.25) is 14.6 Å². The summed E-state index contributed by atoms with van der Waals surface area (Å²) in [6.07, 6.45) is 0.716.